The molecular formula is C27H26ClN5O2. The number of carboxylic acids is 1. The number of aromatic nitrogens is 5. The van der Waals surface area contributed by atoms with Crippen molar-refractivity contribution in [1.29, 1.82) is 0 Å². The van der Waals surface area contributed by atoms with Crippen LogP contribution in [0.3, 0.4) is 0 Å². The van der Waals surface area contributed by atoms with E-state index in [0.29, 0.717) is 34.5 Å². The van der Waals surface area contributed by atoms with Crippen molar-refractivity contribution in [3.05, 3.63) is 58.9 Å². The number of carboxylic acid groups (broad SMARTS) is 1. The van der Waals surface area contributed by atoms with Crippen molar-refractivity contribution in [3.63, 3.8) is 0 Å². The first-order valence-corrected chi connectivity index (χ1v) is 12.5. The van der Waals surface area contributed by atoms with Gasteiger partial charge in [-0.3, -0.25) is 9.89 Å². The second-order valence-corrected chi connectivity index (χ2v) is 10.4. The molecule has 0 amide bonds. The van der Waals surface area contributed by atoms with E-state index in [0.717, 1.165) is 48.0 Å². The first-order valence-electron chi connectivity index (χ1n) is 12.1. The average Bonchev–Trinajstić information content (AvgIpc) is 3.28. The number of hydrogen-bond acceptors (Lipinski definition) is 5. The van der Waals surface area contributed by atoms with Crippen LogP contribution in [-0.4, -0.2) is 36.2 Å². The minimum Gasteiger partial charge on any atom is -0.481 e. The van der Waals surface area contributed by atoms with Crippen LogP contribution in [0.2, 0.25) is 5.02 Å². The number of nitrogens with zero attached hydrogens (tertiary/aromatic N) is 4. The molecular weight excluding hydrogens is 462 g/mol. The Balaban J connectivity index is 1.46. The molecule has 7 nitrogen and oxygen atoms in total. The van der Waals surface area contributed by atoms with Crippen molar-refractivity contribution >= 4 is 28.6 Å². The molecule has 3 aliphatic rings. The topological polar surface area (TPSA) is 105 Å². The van der Waals surface area contributed by atoms with Crippen molar-refractivity contribution in [3.8, 4) is 22.8 Å². The lowest BCUT2D eigenvalue weighted by Gasteiger charge is -2.46. The summed E-state index contributed by atoms with van der Waals surface area (Å²) in [5, 5.41) is 18.7. The molecule has 2 bridgehead atoms. The molecule has 3 aliphatic carbocycles. The first-order chi connectivity index (χ1) is 17.0. The van der Waals surface area contributed by atoms with E-state index in [1.165, 1.54) is 5.56 Å². The van der Waals surface area contributed by atoms with Crippen molar-refractivity contribution in [2.75, 3.05) is 0 Å². The normalized spacial score (nSPS) is 23.6. The summed E-state index contributed by atoms with van der Waals surface area (Å²) in [4.78, 5) is 26.3. The van der Waals surface area contributed by atoms with Crippen LogP contribution in [-0.2, 0) is 11.2 Å². The summed E-state index contributed by atoms with van der Waals surface area (Å²) in [6.07, 6.45) is 6.45. The highest BCUT2D eigenvalue weighted by molar-refractivity contribution is 6.31. The van der Waals surface area contributed by atoms with Gasteiger partial charge in [0, 0.05) is 17.5 Å². The van der Waals surface area contributed by atoms with Crippen LogP contribution >= 0.6 is 11.6 Å². The lowest BCUT2D eigenvalue weighted by molar-refractivity contribution is -0.152. The molecule has 3 aromatic heterocycles. The van der Waals surface area contributed by atoms with Crippen LogP contribution < -0.4 is 0 Å². The Kier molecular flexibility index (Phi) is 5.52. The van der Waals surface area contributed by atoms with Gasteiger partial charge in [0.2, 0.25) is 0 Å². The zero-order chi connectivity index (χ0) is 24.1. The smallest absolute Gasteiger partial charge is 0.307 e. The van der Waals surface area contributed by atoms with Gasteiger partial charge in [0.25, 0.3) is 0 Å². The SMILES string of the molecule is Cc1ccc(-c2cc(CC3C4CCC(CC4)C3C(=O)O)nc(-c3[nH]nc4ncc(Cl)cc34)n2)cc1. The number of fused-ring (bicyclic) bond motifs is 4. The molecule has 8 heteroatoms. The number of aryl methyl sites for hydroxylation is 1. The van der Waals surface area contributed by atoms with Crippen molar-refractivity contribution < 1.29 is 9.90 Å². The highest BCUT2D eigenvalue weighted by Gasteiger charge is 2.47. The van der Waals surface area contributed by atoms with E-state index in [2.05, 4.69) is 46.4 Å². The minimum atomic E-state index is -0.669. The fraction of sp³-hybridized carbons (Fsp3) is 0.370. The maximum absolute atomic E-state index is 12.2. The number of hydrogen-bond donors (Lipinski definition) is 2. The van der Waals surface area contributed by atoms with Gasteiger partial charge < -0.3 is 5.11 Å². The molecule has 2 unspecified atom stereocenters. The lowest BCUT2D eigenvalue weighted by atomic mass is 9.57. The third-order valence-corrected chi connectivity index (χ3v) is 8.05. The summed E-state index contributed by atoms with van der Waals surface area (Å²) >= 11 is 6.22. The number of benzene rings is 1. The number of H-pyrrole nitrogens is 1. The van der Waals surface area contributed by atoms with Gasteiger partial charge in [-0.1, -0.05) is 41.4 Å². The second kappa shape index (κ2) is 8.72. The second-order valence-electron chi connectivity index (χ2n) is 9.96. The lowest BCUT2D eigenvalue weighted by Crippen LogP contribution is -2.45. The standard InChI is InChI=1S/C27H26ClN5O2/c1-14-2-4-16(5-3-14)22-12-19(11-20-15-6-8-17(9-7-15)23(20)27(34)35)30-26(31-22)24-21-10-18(28)13-29-25(21)33-32-24/h2-5,10,12-13,15,17,20,23H,6-9,11H2,1H3,(H,34,35)(H,29,32,33). The van der Waals surface area contributed by atoms with E-state index in [1.807, 2.05) is 12.1 Å². The van der Waals surface area contributed by atoms with E-state index in [9.17, 15) is 9.90 Å². The number of aromatic amines is 1. The predicted octanol–water partition coefficient (Wildman–Crippen LogP) is 5.72. The molecule has 0 radical (unpaired) electrons. The van der Waals surface area contributed by atoms with Crippen LogP contribution in [0.15, 0.2) is 42.6 Å². The third-order valence-electron chi connectivity index (χ3n) is 7.85. The van der Waals surface area contributed by atoms with Crippen LogP contribution in [0.1, 0.15) is 36.9 Å². The molecule has 2 atom stereocenters. The Hall–Kier alpha value is -3.32. The quantitative estimate of drug-likeness (QED) is 0.373. The highest BCUT2D eigenvalue weighted by atomic mass is 35.5. The van der Waals surface area contributed by atoms with E-state index in [4.69, 9.17) is 21.6 Å². The first kappa shape index (κ1) is 22.2. The van der Waals surface area contributed by atoms with Crippen LogP contribution in [0.25, 0.3) is 33.8 Å². The van der Waals surface area contributed by atoms with Crippen molar-refractivity contribution in [2.24, 2.45) is 23.7 Å². The fourth-order valence-corrected chi connectivity index (χ4v) is 6.28. The summed E-state index contributed by atoms with van der Waals surface area (Å²) in [6.45, 7) is 2.05. The summed E-state index contributed by atoms with van der Waals surface area (Å²) in [6, 6.07) is 12.1. The van der Waals surface area contributed by atoms with Crippen molar-refractivity contribution in [2.45, 2.75) is 39.0 Å². The maximum atomic E-state index is 12.2. The number of carbonyl (C=O) groups is 1. The zero-order valence-electron chi connectivity index (χ0n) is 19.4. The molecule has 178 valence electrons. The zero-order valence-corrected chi connectivity index (χ0v) is 20.2. The monoisotopic (exact) mass is 487 g/mol. The number of nitrogens with one attached hydrogen (secondary N) is 1. The Morgan fingerprint density at radius 1 is 1.09 bits per heavy atom. The predicted molar refractivity (Wildman–Crippen MR) is 134 cm³/mol. The van der Waals surface area contributed by atoms with Crippen LogP contribution in [0.4, 0.5) is 0 Å². The van der Waals surface area contributed by atoms with Crippen LogP contribution in [0.5, 0.6) is 0 Å². The molecule has 0 spiro atoms. The Morgan fingerprint density at radius 2 is 1.83 bits per heavy atom. The van der Waals surface area contributed by atoms with Gasteiger partial charge in [-0.05, 0) is 68.9 Å². The van der Waals surface area contributed by atoms with E-state index in [-0.39, 0.29) is 17.8 Å². The molecule has 3 fully saturated rings. The van der Waals surface area contributed by atoms with Crippen LogP contribution in [0, 0.1) is 30.6 Å². The number of halogens is 1. The summed E-state index contributed by atoms with van der Waals surface area (Å²) in [5.41, 5.74) is 5.02. The minimum absolute atomic E-state index is 0.0863. The Bertz CT molecular complexity index is 1410. The molecule has 0 saturated heterocycles. The Labute approximate surface area is 208 Å². The molecule has 4 aromatic rings. The van der Waals surface area contributed by atoms with Gasteiger partial charge >= 0.3 is 5.97 Å². The maximum Gasteiger partial charge on any atom is 0.307 e. The van der Waals surface area contributed by atoms with Gasteiger partial charge in [0.1, 0.15) is 5.69 Å². The number of aliphatic carboxylic acids is 1. The third kappa shape index (κ3) is 4.08. The Morgan fingerprint density at radius 3 is 2.57 bits per heavy atom. The molecule has 7 rings (SSSR count). The van der Waals surface area contributed by atoms with Gasteiger partial charge in [0.15, 0.2) is 11.5 Å². The number of pyridine rings is 1. The largest absolute Gasteiger partial charge is 0.481 e. The molecule has 1 aromatic carbocycles. The summed E-state index contributed by atoms with van der Waals surface area (Å²) in [5.74, 6) is 0.321. The average molecular weight is 488 g/mol. The number of rotatable bonds is 5. The van der Waals surface area contributed by atoms with Gasteiger partial charge in [-0.25, -0.2) is 15.0 Å². The molecule has 2 N–H and O–H groups in total. The molecule has 3 heterocycles. The fourth-order valence-electron chi connectivity index (χ4n) is 6.13. The van der Waals surface area contributed by atoms with Crippen molar-refractivity contribution in [1.82, 2.24) is 25.1 Å². The van der Waals surface area contributed by atoms with Gasteiger partial charge in [0.05, 0.1) is 22.0 Å². The van der Waals surface area contributed by atoms with E-state index >= 15 is 0 Å². The van der Waals surface area contributed by atoms with Gasteiger partial charge in [-0.15, -0.1) is 0 Å². The summed E-state index contributed by atoms with van der Waals surface area (Å²) in [7, 11) is 0. The van der Waals surface area contributed by atoms with E-state index < -0.39 is 5.97 Å². The molecule has 0 aliphatic heterocycles. The molecule has 35 heavy (non-hydrogen) atoms. The van der Waals surface area contributed by atoms with E-state index in [1.54, 1.807) is 6.20 Å². The highest BCUT2D eigenvalue weighted by Crippen LogP contribution is 2.50. The molecule has 3 saturated carbocycles. The summed E-state index contributed by atoms with van der Waals surface area (Å²) < 4.78 is 0. The van der Waals surface area contributed by atoms with Gasteiger partial charge in [-0.2, -0.15) is 5.10 Å².